The number of nitrogens with one attached hydrogen (secondary N) is 3. The predicted molar refractivity (Wildman–Crippen MR) is 91.3 cm³/mol. The Morgan fingerprint density at radius 2 is 2.12 bits per heavy atom. The number of anilines is 1. The van der Waals surface area contributed by atoms with Crippen LogP contribution in [-0.2, 0) is 4.79 Å². The fourth-order valence-corrected chi connectivity index (χ4v) is 2.86. The molecule has 3 aromatic rings. The molecule has 0 saturated carbocycles. The van der Waals surface area contributed by atoms with Gasteiger partial charge in [-0.25, -0.2) is 14.8 Å². The number of hydrogen-bond donors (Lipinski definition) is 4. The number of nitrogens with zero attached hydrogens (tertiary/aromatic N) is 2. The van der Waals surface area contributed by atoms with E-state index in [0.29, 0.717) is 30.2 Å². The molecular weight excluding hydrogens is 322 g/mol. The lowest BCUT2D eigenvalue weighted by atomic mass is 10.1. The summed E-state index contributed by atoms with van der Waals surface area (Å²) in [4.78, 5) is 34.8. The Hall–Kier alpha value is -3.42. The monoisotopic (exact) mass is 337 g/mol. The first-order valence-electron chi connectivity index (χ1n) is 7.84. The second-order valence-corrected chi connectivity index (χ2v) is 5.82. The number of hydrogen-bond acceptors (Lipinski definition) is 5. The molecule has 126 valence electrons. The number of benzene rings is 1. The molecule has 8 heteroatoms. The lowest BCUT2D eigenvalue weighted by Crippen LogP contribution is -2.30. The summed E-state index contributed by atoms with van der Waals surface area (Å²) in [6.07, 6.45) is 2.45. The molecule has 8 nitrogen and oxygen atoms in total. The molecule has 2 aromatic heterocycles. The Kier molecular flexibility index (Phi) is 3.57. The van der Waals surface area contributed by atoms with Crippen LogP contribution in [0.1, 0.15) is 16.9 Å². The van der Waals surface area contributed by atoms with Crippen LogP contribution in [0.15, 0.2) is 36.5 Å². The summed E-state index contributed by atoms with van der Waals surface area (Å²) in [6, 6.07) is 8.44. The topological polar surface area (TPSA) is 120 Å². The SMILES string of the molecule is O=C(O)c1cc(N[C@H]2CCNC2=O)nc(-c2ccc3[nH]ccc3c2)n1. The summed E-state index contributed by atoms with van der Waals surface area (Å²) in [6.45, 7) is 0.588. The molecule has 0 unspecified atom stereocenters. The molecule has 1 aromatic carbocycles. The molecule has 0 radical (unpaired) electrons. The summed E-state index contributed by atoms with van der Waals surface area (Å²) in [5, 5.41) is 16.0. The number of aromatic nitrogens is 3. The van der Waals surface area contributed by atoms with Gasteiger partial charge in [0.1, 0.15) is 11.9 Å². The molecule has 0 bridgehead atoms. The van der Waals surface area contributed by atoms with Crippen LogP contribution in [0.2, 0.25) is 0 Å². The van der Waals surface area contributed by atoms with Crippen molar-refractivity contribution in [3.8, 4) is 11.4 Å². The first-order valence-corrected chi connectivity index (χ1v) is 7.84. The van der Waals surface area contributed by atoms with Crippen LogP contribution in [0.5, 0.6) is 0 Å². The summed E-state index contributed by atoms with van der Waals surface area (Å²) in [7, 11) is 0. The zero-order valence-corrected chi connectivity index (χ0v) is 13.1. The van der Waals surface area contributed by atoms with Gasteiger partial charge in [-0.15, -0.1) is 0 Å². The third-order valence-electron chi connectivity index (χ3n) is 4.13. The van der Waals surface area contributed by atoms with Crippen molar-refractivity contribution >= 4 is 28.6 Å². The highest BCUT2D eigenvalue weighted by Crippen LogP contribution is 2.23. The number of carboxylic acids is 1. The van der Waals surface area contributed by atoms with Crippen LogP contribution in [0.4, 0.5) is 5.82 Å². The Morgan fingerprint density at radius 1 is 1.24 bits per heavy atom. The van der Waals surface area contributed by atoms with Crippen LogP contribution in [0.25, 0.3) is 22.3 Å². The Labute approximate surface area is 142 Å². The number of aromatic amines is 1. The normalized spacial score (nSPS) is 16.8. The van der Waals surface area contributed by atoms with Crippen LogP contribution in [0.3, 0.4) is 0 Å². The van der Waals surface area contributed by atoms with Crippen LogP contribution < -0.4 is 10.6 Å². The van der Waals surface area contributed by atoms with E-state index >= 15 is 0 Å². The number of H-pyrrole nitrogens is 1. The van der Waals surface area contributed by atoms with Crippen molar-refractivity contribution in [2.24, 2.45) is 0 Å². The fourth-order valence-electron chi connectivity index (χ4n) is 2.86. The second kappa shape index (κ2) is 5.90. The highest BCUT2D eigenvalue weighted by atomic mass is 16.4. The van der Waals surface area contributed by atoms with Gasteiger partial charge in [-0.05, 0) is 30.7 Å². The van der Waals surface area contributed by atoms with Gasteiger partial charge in [-0.1, -0.05) is 0 Å². The summed E-state index contributed by atoms with van der Waals surface area (Å²) < 4.78 is 0. The minimum absolute atomic E-state index is 0.120. The molecule has 1 aliphatic rings. The first kappa shape index (κ1) is 15.1. The molecule has 3 heterocycles. The molecule has 25 heavy (non-hydrogen) atoms. The molecule has 1 amide bonds. The van der Waals surface area contributed by atoms with Crippen LogP contribution in [-0.4, -0.2) is 44.5 Å². The number of carbonyl (C=O) groups is 2. The van der Waals surface area contributed by atoms with E-state index in [4.69, 9.17) is 0 Å². The molecule has 4 N–H and O–H groups in total. The Morgan fingerprint density at radius 3 is 2.88 bits per heavy atom. The van der Waals surface area contributed by atoms with Crippen LogP contribution >= 0.6 is 0 Å². The smallest absolute Gasteiger partial charge is 0.354 e. The lowest BCUT2D eigenvalue weighted by Gasteiger charge is -2.12. The van der Waals surface area contributed by atoms with Gasteiger partial charge in [-0.2, -0.15) is 0 Å². The van der Waals surface area contributed by atoms with Crippen molar-refractivity contribution in [3.63, 3.8) is 0 Å². The van der Waals surface area contributed by atoms with Gasteiger partial charge in [-0.3, -0.25) is 4.79 Å². The zero-order chi connectivity index (χ0) is 17.4. The molecule has 0 spiro atoms. The Balaban J connectivity index is 1.75. The average Bonchev–Trinajstić information content (AvgIpc) is 3.23. The largest absolute Gasteiger partial charge is 0.477 e. The van der Waals surface area contributed by atoms with E-state index in [1.165, 1.54) is 6.07 Å². The number of fused-ring (bicyclic) bond motifs is 1. The maximum absolute atomic E-state index is 11.7. The van der Waals surface area contributed by atoms with Crippen LogP contribution in [0, 0.1) is 0 Å². The van der Waals surface area contributed by atoms with Gasteiger partial charge in [0.15, 0.2) is 11.5 Å². The predicted octanol–water partition coefficient (Wildman–Crippen LogP) is 1.62. The van der Waals surface area contributed by atoms with Gasteiger partial charge < -0.3 is 20.7 Å². The molecule has 1 atom stereocenters. The minimum atomic E-state index is -1.15. The van der Waals surface area contributed by atoms with E-state index in [9.17, 15) is 14.7 Å². The Bertz CT molecular complexity index is 981. The first-order chi connectivity index (χ1) is 12.1. The highest BCUT2D eigenvalue weighted by molar-refractivity contribution is 5.89. The molecule has 4 rings (SSSR count). The van der Waals surface area contributed by atoms with Crippen molar-refractivity contribution in [2.45, 2.75) is 12.5 Å². The maximum atomic E-state index is 11.7. The van der Waals surface area contributed by atoms with Crippen molar-refractivity contribution in [1.29, 1.82) is 0 Å². The lowest BCUT2D eigenvalue weighted by molar-refractivity contribution is -0.119. The van der Waals surface area contributed by atoms with E-state index in [1.807, 2.05) is 30.5 Å². The minimum Gasteiger partial charge on any atom is -0.477 e. The molecule has 0 aliphatic carbocycles. The fraction of sp³-hybridized carbons (Fsp3) is 0.176. The molecule has 1 saturated heterocycles. The van der Waals surface area contributed by atoms with E-state index in [-0.39, 0.29) is 11.6 Å². The third kappa shape index (κ3) is 2.89. The van der Waals surface area contributed by atoms with Gasteiger partial charge in [0, 0.05) is 35.3 Å². The van der Waals surface area contributed by atoms with Gasteiger partial charge in [0.25, 0.3) is 0 Å². The van der Waals surface area contributed by atoms with Gasteiger partial charge in [0.05, 0.1) is 0 Å². The number of carbonyl (C=O) groups excluding carboxylic acids is 1. The highest BCUT2D eigenvalue weighted by Gasteiger charge is 2.25. The average molecular weight is 337 g/mol. The second-order valence-electron chi connectivity index (χ2n) is 5.82. The summed E-state index contributed by atoms with van der Waals surface area (Å²) in [5.41, 5.74) is 1.55. The van der Waals surface area contributed by atoms with Crippen molar-refractivity contribution in [2.75, 3.05) is 11.9 Å². The molecular formula is C17H15N5O3. The molecule has 1 fully saturated rings. The van der Waals surface area contributed by atoms with Crippen molar-refractivity contribution < 1.29 is 14.7 Å². The van der Waals surface area contributed by atoms with Crippen molar-refractivity contribution in [1.82, 2.24) is 20.3 Å². The van der Waals surface area contributed by atoms with E-state index in [1.54, 1.807) is 0 Å². The number of rotatable bonds is 4. The maximum Gasteiger partial charge on any atom is 0.354 e. The summed E-state index contributed by atoms with van der Waals surface area (Å²) >= 11 is 0. The number of aromatic carboxylic acids is 1. The quantitative estimate of drug-likeness (QED) is 0.574. The van der Waals surface area contributed by atoms with E-state index < -0.39 is 12.0 Å². The van der Waals surface area contributed by atoms with Gasteiger partial charge in [0.2, 0.25) is 5.91 Å². The van der Waals surface area contributed by atoms with Crippen molar-refractivity contribution in [3.05, 3.63) is 42.2 Å². The number of amides is 1. The summed E-state index contributed by atoms with van der Waals surface area (Å²) in [5.74, 6) is -0.654. The third-order valence-corrected chi connectivity index (χ3v) is 4.13. The van der Waals surface area contributed by atoms with E-state index in [2.05, 4.69) is 25.6 Å². The van der Waals surface area contributed by atoms with E-state index in [0.717, 1.165) is 10.9 Å². The zero-order valence-electron chi connectivity index (χ0n) is 13.1. The molecule has 1 aliphatic heterocycles. The van der Waals surface area contributed by atoms with Gasteiger partial charge >= 0.3 is 5.97 Å². The standard InChI is InChI=1S/C17H15N5O3/c23-16-12(4-6-19-16)20-14-8-13(17(24)25)21-15(22-14)10-1-2-11-9(7-10)3-5-18-11/h1-3,5,7-8,12,18H,4,6H2,(H,19,23)(H,24,25)(H,20,21,22)/t12-/m0/s1. The number of carboxylic acid groups (broad SMARTS) is 1.